The largest absolute Gasteiger partial charge is 0.417 e. The smallest absolute Gasteiger partial charge is 0.408 e. The molecular weight excluding hydrogens is 268 g/mol. The molecule has 3 rings (SSSR count). The Morgan fingerprint density at radius 2 is 2.00 bits per heavy atom. The van der Waals surface area contributed by atoms with Crippen LogP contribution in [0.4, 0.5) is 5.69 Å². The van der Waals surface area contributed by atoms with E-state index in [0.717, 1.165) is 12.8 Å². The number of hydrogen-bond donors (Lipinski definition) is 2. The summed E-state index contributed by atoms with van der Waals surface area (Å²) in [5.74, 6) is -0.550. The first-order valence-electron chi connectivity index (χ1n) is 6.19. The Bertz CT molecular complexity index is 753. The SMILES string of the molecule is O=c1[nH]c2ccc(NS(=O)(=O)C3CCCC3)cc2o1. The van der Waals surface area contributed by atoms with Gasteiger partial charge in [-0.1, -0.05) is 12.8 Å². The van der Waals surface area contributed by atoms with Gasteiger partial charge in [-0.2, -0.15) is 0 Å². The van der Waals surface area contributed by atoms with Crippen molar-refractivity contribution in [3.05, 3.63) is 28.7 Å². The van der Waals surface area contributed by atoms with Crippen molar-refractivity contribution in [3.63, 3.8) is 0 Å². The maximum atomic E-state index is 12.1. The van der Waals surface area contributed by atoms with Crippen molar-refractivity contribution in [2.75, 3.05) is 4.72 Å². The van der Waals surface area contributed by atoms with Gasteiger partial charge in [-0.15, -0.1) is 0 Å². The number of anilines is 1. The van der Waals surface area contributed by atoms with Crippen LogP contribution in [0.25, 0.3) is 11.1 Å². The lowest BCUT2D eigenvalue weighted by molar-refractivity contribution is 0.555. The molecule has 1 aliphatic rings. The summed E-state index contributed by atoms with van der Waals surface area (Å²) < 4.78 is 31.7. The lowest BCUT2D eigenvalue weighted by Crippen LogP contribution is -2.25. The summed E-state index contributed by atoms with van der Waals surface area (Å²) in [6, 6.07) is 4.74. The molecule has 0 aliphatic heterocycles. The number of sulfonamides is 1. The third kappa shape index (κ3) is 2.37. The molecule has 0 amide bonds. The Labute approximate surface area is 109 Å². The minimum atomic E-state index is -3.35. The van der Waals surface area contributed by atoms with E-state index < -0.39 is 15.8 Å². The van der Waals surface area contributed by atoms with E-state index in [-0.39, 0.29) is 5.25 Å². The van der Waals surface area contributed by atoms with Gasteiger partial charge in [-0.25, -0.2) is 13.2 Å². The van der Waals surface area contributed by atoms with E-state index in [4.69, 9.17) is 4.42 Å². The van der Waals surface area contributed by atoms with Gasteiger partial charge >= 0.3 is 5.76 Å². The Morgan fingerprint density at radius 3 is 2.74 bits per heavy atom. The summed E-state index contributed by atoms with van der Waals surface area (Å²) in [6.07, 6.45) is 3.32. The second-order valence-corrected chi connectivity index (χ2v) is 6.74. The molecule has 0 radical (unpaired) electrons. The molecular formula is C12H14N2O4S. The number of hydrogen-bond acceptors (Lipinski definition) is 4. The van der Waals surface area contributed by atoms with Crippen molar-refractivity contribution in [3.8, 4) is 0 Å². The van der Waals surface area contributed by atoms with Gasteiger partial charge in [0.2, 0.25) is 10.0 Å². The number of aromatic nitrogens is 1. The molecule has 6 nitrogen and oxygen atoms in total. The molecule has 102 valence electrons. The molecule has 7 heteroatoms. The Kier molecular flexibility index (Phi) is 2.85. The van der Waals surface area contributed by atoms with E-state index in [2.05, 4.69) is 9.71 Å². The highest BCUT2D eigenvalue weighted by atomic mass is 32.2. The fraction of sp³-hybridized carbons (Fsp3) is 0.417. The minimum Gasteiger partial charge on any atom is -0.408 e. The molecule has 0 unspecified atom stereocenters. The molecule has 2 N–H and O–H groups in total. The number of benzene rings is 1. The lowest BCUT2D eigenvalue weighted by Gasteiger charge is -2.13. The van der Waals surface area contributed by atoms with Gasteiger partial charge in [0, 0.05) is 6.07 Å². The van der Waals surface area contributed by atoms with Gasteiger partial charge in [-0.05, 0) is 25.0 Å². The topological polar surface area (TPSA) is 92.2 Å². The fourth-order valence-electron chi connectivity index (χ4n) is 2.46. The van der Waals surface area contributed by atoms with E-state index in [1.54, 1.807) is 12.1 Å². The fourth-order valence-corrected chi connectivity index (χ4v) is 4.03. The second-order valence-electron chi connectivity index (χ2n) is 4.78. The number of aromatic amines is 1. The summed E-state index contributed by atoms with van der Waals surface area (Å²) >= 11 is 0. The number of rotatable bonds is 3. The highest BCUT2D eigenvalue weighted by Crippen LogP contribution is 2.26. The summed E-state index contributed by atoms with van der Waals surface area (Å²) in [6.45, 7) is 0. The summed E-state index contributed by atoms with van der Waals surface area (Å²) in [5, 5.41) is -0.318. The van der Waals surface area contributed by atoms with Crippen LogP contribution >= 0.6 is 0 Å². The highest BCUT2D eigenvalue weighted by molar-refractivity contribution is 7.93. The zero-order chi connectivity index (χ0) is 13.5. The van der Waals surface area contributed by atoms with Crippen LogP contribution in [0.1, 0.15) is 25.7 Å². The number of fused-ring (bicyclic) bond motifs is 1. The summed E-state index contributed by atoms with van der Waals surface area (Å²) in [5.41, 5.74) is 1.31. The zero-order valence-electron chi connectivity index (χ0n) is 10.2. The molecule has 1 fully saturated rings. The third-order valence-corrected chi connectivity index (χ3v) is 5.29. The second kappa shape index (κ2) is 4.41. The molecule has 0 bridgehead atoms. The standard InChI is InChI=1S/C12H14N2O4S/c15-12-13-10-6-5-8(7-11(10)18-12)14-19(16,17)9-3-1-2-4-9/h5-7,9,14H,1-4H2,(H,13,15). The Balaban J connectivity index is 1.90. The Hall–Kier alpha value is -1.76. The normalized spacial score (nSPS) is 17.1. The van der Waals surface area contributed by atoms with Gasteiger partial charge < -0.3 is 4.42 Å². The van der Waals surface area contributed by atoms with Gasteiger partial charge in [0.25, 0.3) is 0 Å². The van der Waals surface area contributed by atoms with Crippen LogP contribution in [-0.4, -0.2) is 18.7 Å². The lowest BCUT2D eigenvalue weighted by atomic mass is 10.3. The van der Waals surface area contributed by atoms with Gasteiger partial charge in [0.1, 0.15) is 0 Å². The summed E-state index contributed by atoms with van der Waals surface area (Å²) in [7, 11) is -3.35. The monoisotopic (exact) mass is 282 g/mol. The number of oxazole rings is 1. The van der Waals surface area contributed by atoms with E-state index in [0.29, 0.717) is 29.6 Å². The summed E-state index contributed by atoms with van der Waals surface area (Å²) in [4.78, 5) is 13.5. The van der Waals surface area contributed by atoms with Crippen LogP contribution in [0.2, 0.25) is 0 Å². The van der Waals surface area contributed by atoms with Crippen molar-refractivity contribution in [2.24, 2.45) is 0 Å². The molecule has 0 saturated heterocycles. The zero-order valence-corrected chi connectivity index (χ0v) is 11.0. The molecule has 0 spiro atoms. The van der Waals surface area contributed by atoms with Crippen LogP contribution in [0.5, 0.6) is 0 Å². The first-order chi connectivity index (χ1) is 9.04. The molecule has 1 saturated carbocycles. The van der Waals surface area contributed by atoms with Crippen LogP contribution in [-0.2, 0) is 10.0 Å². The maximum absolute atomic E-state index is 12.1. The number of H-pyrrole nitrogens is 1. The first kappa shape index (κ1) is 12.3. The average molecular weight is 282 g/mol. The van der Waals surface area contributed by atoms with E-state index >= 15 is 0 Å². The van der Waals surface area contributed by atoms with Crippen LogP contribution in [0.15, 0.2) is 27.4 Å². The molecule has 1 aromatic heterocycles. The van der Waals surface area contributed by atoms with E-state index in [1.165, 1.54) is 6.07 Å². The van der Waals surface area contributed by atoms with Gasteiger partial charge in [0.05, 0.1) is 16.5 Å². The predicted molar refractivity (Wildman–Crippen MR) is 71.6 cm³/mol. The van der Waals surface area contributed by atoms with Crippen LogP contribution in [0, 0.1) is 0 Å². The molecule has 1 aromatic carbocycles. The molecule has 0 atom stereocenters. The minimum absolute atomic E-state index is 0.318. The van der Waals surface area contributed by atoms with Gasteiger partial charge in [0.15, 0.2) is 5.58 Å². The van der Waals surface area contributed by atoms with Crippen LogP contribution in [0.3, 0.4) is 0 Å². The van der Waals surface area contributed by atoms with Crippen molar-refractivity contribution in [1.29, 1.82) is 0 Å². The quantitative estimate of drug-likeness (QED) is 0.898. The molecule has 1 aliphatic carbocycles. The van der Waals surface area contributed by atoms with Crippen molar-refractivity contribution in [1.82, 2.24) is 4.98 Å². The molecule has 2 aromatic rings. The third-order valence-electron chi connectivity index (χ3n) is 3.42. The van der Waals surface area contributed by atoms with E-state index in [9.17, 15) is 13.2 Å². The Morgan fingerprint density at radius 1 is 1.26 bits per heavy atom. The van der Waals surface area contributed by atoms with Crippen molar-refractivity contribution >= 4 is 26.8 Å². The van der Waals surface area contributed by atoms with Crippen molar-refractivity contribution in [2.45, 2.75) is 30.9 Å². The molecule has 1 heterocycles. The van der Waals surface area contributed by atoms with Gasteiger partial charge in [-0.3, -0.25) is 9.71 Å². The van der Waals surface area contributed by atoms with E-state index in [1.807, 2.05) is 0 Å². The predicted octanol–water partition coefficient (Wildman–Crippen LogP) is 1.81. The first-order valence-corrected chi connectivity index (χ1v) is 7.74. The highest BCUT2D eigenvalue weighted by Gasteiger charge is 2.28. The van der Waals surface area contributed by atoms with Crippen LogP contribution < -0.4 is 10.5 Å². The number of nitrogens with one attached hydrogen (secondary N) is 2. The molecule has 19 heavy (non-hydrogen) atoms. The average Bonchev–Trinajstić information content (AvgIpc) is 2.95. The maximum Gasteiger partial charge on any atom is 0.417 e. The van der Waals surface area contributed by atoms with Crippen molar-refractivity contribution < 1.29 is 12.8 Å².